The van der Waals surface area contributed by atoms with Crippen LogP contribution in [0.5, 0.6) is 0 Å². The zero-order chi connectivity index (χ0) is 13.7. The van der Waals surface area contributed by atoms with Crippen LogP contribution < -0.4 is 5.73 Å². The largest absolute Gasteiger partial charge is 0.392 e. The van der Waals surface area contributed by atoms with Gasteiger partial charge in [0.25, 0.3) is 0 Å². The Labute approximate surface area is 121 Å². The zero-order valence-corrected chi connectivity index (χ0v) is 12.1. The van der Waals surface area contributed by atoms with Crippen molar-refractivity contribution in [3.05, 3.63) is 34.9 Å². The fourth-order valence-electron chi connectivity index (χ4n) is 3.18. The molecule has 19 heavy (non-hydrogen) atoms. The van der Waals surface area contributed by atoms with Crippen molar-refractivity contribution < 1.29 is 5.11 Å². The monoisotopic (exact) mass is 281 g/mol. The summed E-state index contributed by atoms with van der Waals surface area (Å²) in [5, 5.41) is 11.2. The van der Waals surface area contributed by atoms with Gasteiger partial charge in [0.1, 0.15) is 0 Å². The van der Waals surface area contributed by atoms with E-state index in [1.807, 2.05) is 24.3 Å². The van der Waals surface area contributed by atoms with Gasteiger partial charge in [0.2, 0.25) is 0 Å². The zero-order valence-electron chi connectivity index (χ0n) is 11.4. The molecule has 1 aliphatic rings. The fourth-order valence-corrected chi connectivity index (χ4v) is 3.38. The smallest absolute Gasteiger partial charge is 0.0623 e. The number of aliphatic hydroxyl groups excluding tert-OH is 1. The maximum atomic E-state index is 10.5. The molecule has 2 rings (SSSR count). The molecule has 3 heteroatoms. The Bertz CT molecular complexity index is 390. The Hall–Kier alpha value is -0.570. The maximum absolute atomic E-state index is 10.5. The van der Waals surface area contributed by atoms with Crippen molar-refractivity contribution in [2.45, 2.75) is 50.5 Å². The number of hydrogen-bond donors (Lipinski definition) is 2. The first-order chi connectivity index (χ1) is 9.20. The molecule has 0 saturated heterocycles. The van der Waals surface area contributed by atoms with Gasteiger partial charge in [-0.25, -0.2) is 0 Å². The number of halogens is 1. The van der Waals surface area contributed by atoms with Crippen LogP contribution in [0.4, 0.5) is 0 Å². The second-order valence-corrected chi connectivity index (χ2v) is 6.14. The van der Waals surface area contributed by atoms with E-state index in [0.717, 1.165) is 12.0 Å². The minimum absolute atomic E-state index is 0.000580. The summed E-state index contributed by atoms with van der Waals surface area (Å²) in [6, 6.07) is 7.70. The summed E-state index contributed by atoms with van der Waals surface area (Å²) in [6.07, 6.45) is 6.99. The highest BCUT2D eigenvalue weighted by Gasteiger charge is 2.24. The highest BCUT2D eigenvalue weighted by atomic mass is 35.5. The number of aliphatic hydroxyl groups is 1. The van der Waals surface area contributed by atoms with E-state index in [0.29, 0.717) is 17.5 Å². The van der Waals surface area contributed by atoms with Gasteiger partial charge in [-0.2, -0.15) is 0 Å². The van der Waals surface area contributed by atoms with Crippen molar-refractivity contribution >= 4 is 11.6 Å². The van der Waals surface area contributed by atoms with E-state index in [4.69, 9.17) is 17.3 Å². The molecule has 0 spiro atoms. The molecule has 2 nitrogen and oxygen atoms in total. The topological polar surface area (TPSA) is 46.2 Å². The quantitative estimate of drug-likeness (QED) is 0.864. The van der Waals surface area contributed by atoms with Crippen LogP contribution in [0.3, 0.4) is 0 Å². The summed E-state index contributed by atoms with van der Waals surface area (Å²) < 4.78 is 0. The first kappa shape index (κ1) is 14.8. The Morgan fingerprint density at radius 1 is 1.26 bits per heavy atom. The predicted molar refractivity (Wildman–Crippen MR) is 80.4 cm³/mol. The van der Waals surface area contributed by atoms with Crippen LogP contribution in [0.25, 0.3) is 0 Å². The highest BCUT2D eigenvalue weighted by Crippen LogP contribution is 2.31. The Morgan fingerprint density at radius 2 is 2.00 bits per heavy atom. The Balaban J connectivity index is 1.99. The van der Waals surface area contributed by atoms with Gasteiger partial charge >= 0.3 is 0 Å². The lowest BCUT2D eigenvalue weighted by Crippen LogP contribution is -2.28. The minimum Gasteiger partial charge on any atom is -0.392 e. The third kappa shape index (κ3) is 4.20. The van der Waals surface area contributed by atoms with Crippen molar-refractivity contribution in [2.75, 3.05) is 6.54 Å². The van der Waals surface area contributed by atoms with E-state index in [1.165, 1.54) is 32.1 Å². The third-order valence-electron chi connectivity index (χ3n) is 4.29. The molecule has 1 aromatic rings. The van der Waals surface area contributed by atoms with Crippen LogP contribution in [0.2, 0.25) is 5.02 Å². The van der Waals surface area contributed by atoms with Crippen molar-refractivity contribution in [2.24, 2.45) is 11.7 Å². The van der Waals surface area contributed by atoms with Crippen LogP contribution >= 0.6 is 11.6 Å². The summed E-state index contributed by atoms with van der Waals surface area (Å²) in [4.78, 5) is 0. The summed E-state index contributed by atoms with van der Waals surface area (Å²) in [5.41, 5.74) is 6.91. The van der Waals surface area contributed by atoms with E-state index in [9.17, 15) is 5.11 Å². The Morgan fingerprint density at radius 3 is 2.63 bits per heavy atom. The maximum Gasteiger partial charge on any atom is 0.0623 e. The highest BCUT2D eigenvalue weighted by molar-refractivity contribution is 6.30. The lowest BCUT2D eigenvalue weighted by atomic mass is 9.81. The van der Waals surface area contributed by atoms with Gasteiger partial charge in [-0.3, -0.25) is 0 Å². The van der Waals surface area contributed by atoms with Crippen LogP contribution in [0.15, 0.2) is 24.3 Å². The van der Waals surface area contributed by atoms with Crippen LogP contribution in [-0.4, -0.2) is 17.8 Å². The predicted octanol–water partition coefficient (Wildman–Crippen LogP) is 3.71. The summed E-state index contributed by atoms with van der Waals surface area (Å²) >= 11 is 6.02. The standard InChI is InChI=1S/C16H24ClNO/c17-14-8-4-7-13(10-14)15(11-18)16(19)9-12-5-2-1-3-6-12/h4,7-8,10,12,15-16,19H,1-3,5-6,9,11,18H2. The molecule has 3 N–H and O–H groups in total. The van der Waals surface area contributed by atoms with Crippen LogP contribution in [-0.2, 0) is 0 Å². The van der Waals surface area contributed by atoms with Crippen molar-refractivity contribution in [3.63, 3.8) is 0 Å². The lowest BCUT2D eigenvalue weighted by molar-refractivity contribution is 0.106. The first-order valence-electron chi connectivity index (χ1n) is 7.34. The number of rotatable bonds is 5. The third-order valence-corrected chi connectivity index (χ3v) is 4.53. The minimum atomic E-state index is -0.355. The molecule has 0 aromatic heterocycles. The van der Waals surface area contributed by atoms with Gasteiger partial charge in [0.15, 0.2) is 0 Å². The molecule has 106 valence electrons. The fraction of sp³-hybridized carbons (Fsp3) is 0.625. The molecule has 2 atom stereocenters. The number of benzene rings is 1. The van der Waals surface area contributed by atoms with E-state index in [1.54, 1.807) is 0 Å². The summed E-state index contributed by atoms with van der Waals surface area (Å²) in [6.45, 7) is 0.466. The molecule has 1 aromatic carbocycles. The van der Waals surface area contributed by atoms with Gasteiger partial charge in [-0.1, -0.05) is 55.8 Å². The summed E-state index contributed by atoms with van der Waals surface area (Å²) in [5.74, 6) is 0.664. The number of nitrogens with two attached hydrogens (primary N) is 1. The van der Waals surface area contributed by atoms with Crippen LogP contribution in [0, 0.1) is 5.92 Å². The lowest BCUT2D eigenvalue weighted by Gasteiger charge is -2.28. The second kappa shape index (κ2) is 7.28. The van der Waals surface area contributed by atoms with Gasteiger partial charge < -0.3 is 10.8 Å². The SMILES string of the molecule is NCC(c1cccc(Cl)c1)C(O)CC1CCCCC1. The summed E-state index contributed by atoms with van der Waals surface area (Å²) in [7, 11) is 0. The van der Waals surface area contributed by atoms with Crippen molar-refractivity contribution in [1.29, 1.82) is 0 Å². The molecule has 1 fully saturated rings. The van der Waals surface area contributed by atoms with Crippen molar-refractivity contribution in [1.82, 2.24) is 0 Å². The van der Waals surface area contributed by atoms with E-state index in [-0.39, 0.29) is 12.0 Å². The molecule has 1 saturated carbocycles. The van der Waals surface area contributed by atoms with Crippen molar-refractivity contribution in [3.8, 4) is 0 Å². The molecule has 0 radical (unpaired) electrons. The van der Waals surface area contributed by atoms with E-state index >= 15 is 0 Å². The van der Waals surface area contributed by atoms with Gasteiger partial charge in [-0.15, -0.1) is 0 Å². The molecule has 0 bridgehead atoms. The molecule has 1 aliphatic carbocycles. The first-order valence-corrected chi connectivity index (χ1v) is 7.72. The van der Waals surface area contributed by atoms with Crippen LogP contribution in [0.1, 0.15) is 50.0 Å². The molecule has 0 aliphatic heterocycles. The molecule has 0 heterocycles. The second-order valence-electron chi connectivity index (χ2n) is 5.70. The Kier molecular flexibility index (Phi) is 5.68. The van der Waals surface area contributed by atoms with Gasteiger partial charge in [-0.05, 0) is 30.0 Å². The number of hydrogen-bond acceptors (Lipinski definition) is 2. The molecule has 2 unspecified atom stereocenters. The van der Waals surface area contributed by atoms with Gasteiger partial charge in [0.05, 0.1) is 6.10 Å². The molecular weight excluding hydrogens is 258 g/mol. The molecule has 0 amide bonds. The molecular formula is C16H24ClNO. The van der Waals surface area contributed by atoms with Gasteiger partial charge in [0, 0.05) is 17.5 Å². The normalized spacial score (nSPS) is 20.2. The average Bonchev–Trinajstić information content (AvgIpc) is 2.41. The average molecular weight is 282 g/mol. The van der Waals surface area contributed by atoms with E-state index in [2.05, 4.69) is 0 Å². The van der Waals surface area contributed by atoms with E-state index < -0.39 is 0 Å².